The highest BCUT2D eigenvalue weighted by Crippen LogP contribution is 2.55. The van der Waals surface area contributed by atoms with Gasteiger partial charge in [-0.1, -0.05) is 133 Å². The Morgan fingerprint density at radius 3 is 1.93 bits per heavy atom. The lowest BCUT2D eigenvalue weighted by atomic mass is 9.85. The zero-order valence-corrected chi connectivity index (χ0v) is 32.0. The van der Waals surface area contributed by atoms with Gasteiger partial charge in [0.15, 0.2) is 0 Å². The van der Waals surface area contributed by atoms with Crippen molar-refractivity contribution >= 4 is 77.5 Å². The topological polar surface area (TPSA) is 11.4 Å². The van der Waals surface area contributed by atoms with E-state index in [-0.39, 0.29) is 0 Å². The van der Waals surface area contributed by atoms with Crippen molar-refractivity contribution in [3.05, 3.63) is 224 Å². The Labute approximate surface area is 342 Å². The van der Waals surface area contributed by atoms with Crippen molar-refractivity contribution in [1.29, 1.82) is 0 Å². The van der Waals surface area contributed by atoms with Gasteiger partial charge in [0.2, 0.25) is 0 Å². The van der Waals surface area contributed by atoms with Crippen LogP contribution in [0.5, 0.6) is 0 Å². The van der Waals surface area contributed by atoms with Crippen molar-refractivity contribution in [2.45, 2.75) is 0 Å². The molecule has 11 aromatic rings. The Bertz CT molecular complexity index is 3330. The zero-order chi connectivity index (χ0) is 38.9. The molecule has 0 unspecified atom stereocenters. The maximum absolute atomic E-state index is 3.16. The summed E-state index contributed by atoms with van der Waals surface area (Å²) in [4.78, 5) is 4.75. The van der Waals surface area contributed by atoms with Crippen molar-refractivity contribution in [1.82, 2.24) is 4.57 Å². The molecule has 59 heavy (non-hydrogen) atoms. The van der Waals surface area contributed by atoms with Gasteiger partial charge in [-0.2, -0.15) is 0 Å². The average molecular weight is 750 g/mol. The number of rotatable bonds is 6. The largest absolute Gasteiger partial charge is 0.310 e. The first-order valence-corrected chi connectivity index (χ1v) is 20.1. The summed E-state index contributed by atoms with van der Waals surface area (Å²) in [5.41, 5.74) is 15.1. The second-order valence-corrected chi connectivity index (χ2v) is 15.2. The monoisotopic (exact) mass is 749 g/mol. The molecule has 10 aromatic carbocycles. The van der Waals surface area contributed by atoms with Gasteiger partial charge in [-0.15, -0.1) is 0 Å². The van der Waals surface area contributed by atoms with Crippen LogP contribution in [0, 0.1) is 12.1 Å². The van der Waals surface area contributed by atoms with E-state index in [2.05, 4.69) is 227 Å². The van der Waals surface area contributed by atoms with E-state index >= 15 is 0 Å². The predicted molar refractivity (Wildman–Crippen MR) is 247 cm³/mol. The van der Waals surface area contributed by atoms with Gasteiger partial charge in [-0.3, -0.25) is 0 Å². The fourth-order valence-corrected chi connectivity index (χ4v) is 9.40. The number of hydrogen-bond donors (Lipinski definition) is 0. The van der Waals surface area contributed by atoms with Crippen LogP contribution in [-0.2, 0) is 0 Å². The summed E-state index contributed by atoms with van der Waals surface area (Å²) in [6, 6.07) is 83.0. The minimum absolute atomic E-state index is 1.03. The van der Waals surface area contributed by atoms with E-state index in [9.17, 15) is 0 Å². The number of fused-ring (bicyclic) bond motifs is 7. The quantitative estimate of drug-likeness (QED) is 0.168. The Morgan fingerprint density at radius 1 is 0.407 bits per heavy atom. The molecule has 0 aliphatic carbocycles. The molecule has 0 saturated heterocycles. The Kier molecular flexibility index (Phi) is 7.45. The molecule has 1 aliphatic rings. The first kappa shape index (κ1) is 33.1. The molecule has 3 heteroatoms. The lowest BCUT2D eigenvalue weighted by Crippen LogP contribution is -2.16. The third-order valence-corrected chi connectivity index (χ3v) is 12.0. The van der Waals surface area contributed by atoms with Crippen LogP contribution in [0.15, 0.2) is 212 Å². The Morgan fingerprint density at radius 2 is 1.10 bits per heavy atom. The molecular weight excluding hydrogens is 715 g/mol. The Balaban J connectivity index is 1.05. The van der Waals surface area contributed by atoms with E-state index in [0.29, 0.717) is 0 Å². The smallest absolute Gasteiger partial charge is 0.0618 e. The van der Waals surface area contributed by atoms with Gasteiger partial charge in [0.05, 0.1) is 28.1 Å². The molecule has 12 rings (SSSR count). The second kappa shape index (κ2) is 13.3. The first-order valence-electron chi connectivity index (χ1n) is 20.1. The number of hydrogen-bond acceptors (Lipinski definition) is 2. The van der Waals surface area contributed by atoms with E-state index in [1.165, 1.54) is 77.0 Å². The Hall–Kier alpha value is -8.06. The van der Waals surface area contributed by atoms with Crippen molar-refractivity contribution in [2.75, 3.05) is 9.80 Å². The molecule has 2 heterocycles. The van der Waals surface area contributed by atoms with Gasteiger partial charge in [-0.25, -0.2) is 0 Å². The van der Waals surface area contributed by atoms with Crippen LogP contribution >= 0.6 is 0 Å². The van der Waals surface area contributed by atoms with Crippen LogP contribution in [0.1, 0.15) is 0 Å². The van der Waals surface area contributed by atoms with E-state index < -0.39 is 0 Å². The summed E-state index contributed by atoms with van der Waals surface area (Å²) in [5, 5.41) is 7.43. The first-order chi connectivity index (χ1) is 29.3. The maximum Gasteiger partial charge on any atom is 0.0618 e. The highest BCUT2D eigenvalue weighted by Gasteiger charge is 2.29. The highest BCUT2D eigenvalue weighted by molar-refractivity contribution is 6.21. The lowest BCUT2D eigenvalue weighted by Gasteiger charge is -2.35. The normalized spacial score (nSPS) is 11.9. The van der Waals surface area contributed by atoms with Crippen LogP contribution in [0.25, 0.3) is 71.3 Å². The van der Waals surface area contributed by atoms with Crippen LogP contribution < -0.4 is 9.80 Å². The number of benzene rings is 9. The number of aromatic nitrogens is 1. The van der Waals surface area contributed by atoms with Gasteiger partial charge in [0.1, 0.15) is 0 Å². The van der Waals surface area contributed by atoms with E-state index in [1.54, 1.807) is 0 Å². The fraction of sp³-hybridized carbons (Fsp3) is 0. The zero-order valence-electron chi connectivity index (χ0n) is 32.0. The molecule has 0 saturated carbocycles. The molecule has 1 aromatic heterocycles. The van der Waals surface area contributed by atoms with Crippen molar-refractivity contribution in [2.24, 2.45) is 0 Å². The van der Waals surface area contributed by atoms with Gasteiger partial charge < -0.3 is 14.4 Å². The van der Waals surface area contributed by atoms with Crippen LogP contribution in [0.3, 0.4) is 0 Å². The molecular formula is C56H35N3. The van der Waals surface area contributed by atoms with E-state index in [4.69, 9.17) is 0 Å². The van der Waals surface area contributed by atoms with E-state index in [1.807, 2.05) is 12.1 Å². The second-order valence-electron chi connectivity index (χ2n) is 15.2. The summed E-state index contributed by atoms with van der Waals surface area (Å²) in [6.45, 7) is 0. The van der Waals surface area contributed by atoms with Gasteiger partial charge >= 0.3 is 0 Å². The lowest BCUT2D eigenvalue weighted by molar-refractivity contribution is 1.18. The summed E-state index contributed by atoms with van der Waals surface area (Å²) in [5.74, 6) is 0. The maximum atomic E-state index is 3.16. The van der Waals surface area contributed by atoms with Gasteiger partial charge in [0, 0.05) is 55.9 Å². The molecule has 274 valence electrons. The third kappa shape index (κ3) is 5.17. The minimum atomic E-state index is 1.03. The molecule has 0 bridgehead atoms. The standard InChI is InChI=1S/C56H35N3/c1-4-16-40(17-5-1)57(41-18-6-2-7-19-41)43-29-31-44(32-30-43)59-54-26-14-24-48-45(34-35-49(55(48)54)50-33-27-38-15-10-11-22-46(38)56(50)59)39-28-36-53-51(37-39)47-23-12-13-25-52(47)58(53)42-20-8-3-9-21-42/h1,3-6,8-37H. The fourth-order valence-electron chi connectivity index (χ4n) is 9.40. The highest BCUT2D eigenvalue weighted by atomic mass is 15.2. The summed E-state index contributed by atoms with van der Waals surface area (Å²) in [7, 11) is 0. The number of anilines is 6. The summed E-state index contributed by atoms with van der Waals surface area (Å²) >= 11 is 0. The number of para-hydroxylation sites is 3. The van der Waals surface area contributed by atoms with Gasteiger partial charge in [-0.05, 0) is 112 Å². The summed E-state index contributed by atoms with van der Waals surface area (Å²) < 4.78 is 2.38. The SMILES string of the molecule is c1ccc(N(c2ccccc2)c2ccc(N3c4c(ccc5ccccc45)-c4ccc(-c5ccc6c(c5)c5ccccc5n6-c5ccccc5)c5cccc3c45)cc2)cc#1. The van der Waals surface area contributed by atoms with Crippen LogP contribution in [0.4, 0.5) is 34.1 Å². The van der Waals surface area contributed by atoms with Crippen molar-refractivity contribution in [3.8, 4) is 27.9 Å². The minimum Gasteiger partial charge on any atom is -0.310 e. The van der Waals surface area contributed by atoms with E-state index in [0.717, 1.165) is 28.4 Å². The summed E-state index contributed by atoms with van der Waals surface area (Å²) in [6.07, 6.45) is 0. The molecule has 0 fully saturated rings. The van der Waals surface area contributed by atoms with Crippen LogP contribution in [0.2, 0.25) is 0 Å². The molecule has 1 aliphatic heterocycles. The average Bonchev–Trinajstić information content (AvgIpc) is 3.64. The molecule has 0 radical (unpaired) electrons. The predicted octanol–water partition coefficient (Wildman–Crippen LogP) is 15.3. The molecule has 0 amide bonds. The van der Waals surface area contributed by atoms with Crippen molar-refractivity contribution < 1.29 is 0 Å². The van der Waals surface area contributed by atoms with Crippen LogP contribution in [-0.4, -0.2) is 4.57 Å². The van der Waals surface area contributed by atoms with Gasteiger partial charge in [0.25, 0.3) is 0 Å². The molecule has 0 N–H and O–H groups in total. The number of nitrogens with zero attached hydrogens (tertiary/aromatic N) is 3. The molecule has 3 nitrogen and oxygen atoms in total. The molecule has 0 spiro atoms. The molecule has 0 atom stereocenters. The van der Waals surface area contributed by atoms with Crippen molar-refractivity contribution in [3.63, 3.8) is 0 Å². The third-order valence-electron chi connectivity index (χ3n) is 12.0.